The molecule has 0 aromatic rings. The Hall–Kier alpha value is -0.980. The van der Waals surface area contributed by atoms with Gasteiger partial charge < -0.3 is 10.1 Å². The van der Waals surface area contributed by atoms with Crippen molar-refractivity contribution in [3.8, 4) is 0 Å². The fourth-order valence-corrected chi connectivity index (χ4v) is 1.53. The van der Waals surface area contributed by atoms with Crippen molar-refractivity contribution in [2.45, 2.75) is 12.6 Å². The second-order valence-corrected chi connectivity index (χ2v) is 3.40. The quantitative estimate of drug-likeness (QED) is 0.331. The van der Waals surface area contributed by atoms with Crippen molar-refractivity contribution in [1.82, 2.24) is 10.2 Å². The van der Waals surface area contributed by atoms with E-state index in [1.165, 1.54) is 0 Å². The molecular formula is C9H17N3O3. The first-order chi connectivity index (χ1) is 7.15. The molecule has 86 valence electrons. The van der Waals surface area contributed by atoms with Crippen LogP contribution in [0.2, 0.25) is 0 Å². The molecule has 0 aromatic heterocycles. The summed E-state index contributed by atoms with van der Waals surface area (Å²) in [6.45, 7) is 4.46. The Balaban J connectivity index is 2.72. The molecule has 1 fully saturated rings. The molecule has 0 spiro atoms. The lowest BCUT2D eigenvalue weighted by molar-refractivity contribution is -0.159. The third kappa shape index (κ3) is 2.53. The predicted molar refractivity (Wildman–Crippen MR) is 54.1 cm³/mol. The van der Waals surface area contributed by atoms with E-state index in [-0.39, 0.29) is 6.61 Å². The summed E-state index contributed by atoms with van der Waals surface area (Å²) in [6.07, 6.45) is 0.455. The smallest absolute Gasteiger partial charge is 0.349 e. The minimum absolute atomic E-state index is 0.220. The molecule has 1 atom stereocenters. The fraction of sp³-hybridized carbons (Fsp3) is 0.778. The van der Waals surface area contributed by atoms with E-state index in [9.17, 15) is 9.59 Å². The summed E-state index contributed by atoms with van der Waals surface area (Å²) in [6, 6.07) is 0. The molecule has 0 aromatic carbocycles. The summed E-state index contributed by atoms with van der Waals surface area (Å²) in [5.41, 5.74) is 4.13. The first-order valence-electron chi connectivity index (χ1n) is 5.03. The lowest BCUT2D eigenvalue weighted by Gasteiger charge is -2.37. The Morgan fingerprint density at radius 2 is 2.20 bits per heavy atom. The molecule has 1 aliphatic rings. The van der Waals surface area contributed by atoms with Gasteiger partial charge in [-0.05, 0) is 6.92 Å². The van der Waals surface area contributed by atoms with Gasteiger partial charge in [-0.1, -0.05) is 0 Å². The fourth-order valence-electron chi connectivity index (χ4n) is 1.53. The van der Waals surface area contributed by atoms with Crippen molar-refractivity contribution < 1.29 is 14.3 Å². The summed E-state index contributed by atoms with van der Waals surface area (Å²) < 4.78 is 4.79. The van der Waals surface area contributed by atoms with Gasteiger partial charge in [0.15, 0.2) is 6.29 Å². The molecule has 0 aliphatic carbocycles. The number of rotatable bonds is 4. The van der Waals surface area contributed by atoms with Gasteiger partial charge in [0.25, 0.3) is 0 Å². The van der Waals surface area contributed by atoms with Gasteiger partial charge in [0.05, 0.1) is 6.61 Å². The van der Waals surface area contributed by atoms with Crippen molar-refractivity contribution >= 4 is 12.3 Å². The number of nitrogens with zero attached hydrogens (tertiary/aromatic N) is 1. The van der Waals surface area contributed by atoms with Crippen LogP contribution in [0.1, 0.15) is 6.92 Å². The zero-order valence-corrected chi connectivity index (χ0v) is 8.86. The highest BCUT2D eigenvalue weighted by Crippen LogP contribution is 2.09. The molecule has 15 heavy (non-hydrogen) atoms. The van der Waals surface area contributed by atoms with Crippen LogP contribution in [0.25, 0.3) is 0 Å². The maximum atomic E-state index is 11.6. The van der Waals surface area contributed by atoms with E-state index in [2.05, 4.69) is 5.32 Å². The van der Waals surface area contributed by atoms with Crippen molar-refractivity contribution in [1.29, 1.82) is 0 Å². The Labute approximate surface area is 88.7 Å². The van der Waals surface area contributed by atoms with Crippen LogP contribution in [-0.2, 0) is 14.3 Å². The summed E-state index contributed by atoms with van der Waals surface area (Å²) >= 11 is 0. The van der Waals surface area contributed by atoms with Gasteiger partial charge >= 0.3 is 5.97 Å². The molecule has 0 amide bonds. The van der Waals surface area contributed by atoms with Crippen LogP contribution in [0.3, 0.4) is 0 Å². The number of piperazine rings is 1. The van der Waals surface area contributed by atoms with Gasteiger partial charge in [-0.15, -0.1) is 0 Å². The van der Waals surface area contributed by atoms with Crippen LogP contribution < -0.4 is 11.1 Å². The number of esters is 1. The molecule has 1 saturated heterocycles. The summed E-state index contributed by atoms with van der Waals surface area (Å²) in [4.78, 5) is 24.1. The van der Waals surface area contributed by atoms with Gasteiger partial charge in [0.1, 0.15) is 0 Å². The summed E-state index contributed by atoms with van der Waals surface area (Å²) in [7, 11) is 0. The van der Waals surface area contributed by atoms with E-state index in [1.54, 1.807) is 11.8 Å². The maximum absolute atomic E-state index is 11.6. The Kier molecular flexibility index (Phi) is 4.19. The molecule has 0 saturated carbocycles. The molecule has 6 heteroatoms. The largest absolute Gasteiger partial charge is 0.463 e. The van der Waals surface area contributed by atoms with Crippen LogP contribution in [0.5, 0.6) is 0 Å². The van der Waals surface area contributed by atoms with Crippen molar-refractivity contribution in [3.05, 3.63) is 0 Å². The molecule has 0 bridgehead atoms. The minimum atomic E-state index is -1.63. The molecule has 3 N–H and O–H groups in total. The highest BCUT2D eigenvalue weighted by atomic mass is 16.5. The Morgan fingerprint density at radius 3 is 2.67 bits per heavy atom. The zero-order valence-electron chi connectivity index (χ0n) is 8.86. The maximum Gasteiger partial charge on any atom is 0.349 e. The lowest BCUT2D eigenvalue weighted by atomic mass is 10.1. The van der Waals surface area contributed by atoms with Crippen molar-refractivity contribution in [2.75, 3.05) is 32.8 Å². The van der Waals surface area contributed by atoms with Crippen LogP contribution in [0.4, 0.5) is 0 Å². The lowest BCUT2D eigenvalue weighted by Crippen LogP contribution is -2.67. The second-order valence-electron chi connectivity index (χ2n) is 3.40. The third-order valence-electron chi connectivity index (χ3n) is 2.42. The first-order valence-corrected chi connectivity index (χ1v) is 5.03. The Bertz CT molecular complexity index is 241. The number of ether oxygens (including phenoxy) is 1. The average Bonchev–Trinajstić information content (AvgIpc) is 2.29. The van der Waals surface area contributed by atoms with Crippen LogP contribution in [0.15, 0.2) is 0 Å². The molecule has 1 heterocycles. The molecule has 1 unspecified atom stereocenters. The number of carbonyl (C=O) groups is 2. The van der Waals surface area contributed by atoms with E-state index >= 15 is 0 Å². The average molecular weight is 215 g/mol. The van der Waals surface area contributed by atoms with Crippen molar-refractivity contribution in [3.63, 3.8) is 0 Å². The zero-order chi connectivity index (χ0) is 11.3. The molecule has 1 rings (SSSR count). The van der Waals surface area contributed by atoms with Crippen molar-refractivity contribution in [2.24, 2.45) is 5.73 Å². The minimum Gasteiger partial charge on any atom is -0.463 e. The molecule has 6 nitrogen and oxygen atoms in total. The Morgan fingerprint density at radius 1 is 1.60 bits per heavy atom. The highest BCUT2D eigenvalue weighted by molar-refractivity contribution is 5.97. The molecule has 1 aliphatic heterocycles. The summed E-state index contributed by atoms with van der Waals surface area (Å²) in [5.74, 6) is -0.679. The SMILES string of the molecule is CCOC(=O)C(N)(C=O)N1CCNCC1. The predicted octanol–water partition coefficient (Wildman–Crippen LogP) is -1.69. The first kappa shape index (κ1) is 12.1. The number of nitrogens with two attached hydrogens (primary N) is 1. The van der Waals surface area contributed by atoms with E-state index in [1.807, 2.05) is 0 Å². The van der Waals surface area contributed by atoms with Crippen LogP contribution in [0, 0.1) is 0 Å². The van der Waals surface area contributed by atoms with E-state index in [0.29, 0.717) is 32.5 Å². The normalized spacial score (nSPS) is 21.7. The monoisotopic (exact) mass is 215 g/mol. The summed E-state index contributed by atoms with van der Waals surface area (Å²) in [5, 5.41) is 3.12. The standard InChI is InChI=1S/C9H17N3O3/c1-2-15-8(14)9(10,7-13)12-5-3-11-4-6-12/h7,11H,2-6,10H2,1H3. The molecule has 0 radical (unpaired) electrons. The van der Waals surface area contributed by atoms with E-state index < -0.39 is 11.6 Å². The van der Waals surface area contributed by atoms with E-state index in [0.717, 1.165) is 0 Å². The highest BCUT2D eigenvalue weighted by Gasteiger charge is 2.42. The number of carbonyl (C=O) groups excluding carboxylic acids is 2. The number of aldehydes is 1. The van der Waals surface area contributed by atoms with Gasteiger partial charge in [-0.3, -0.25) is 15.4 Å². The van der Waals surface area contributed by atoms with E-state index in [4.69, 9.17) is 10.5 Å². The van der Waals surface area contributed by atoms with Gasteiger partial charge in [0, 0.05) is 26.2 Å². The molecular weight excluding hydrogens is 198 g/mol. The number of hydrogen-bond acceptors (Lipinski definition) is 6. The second kappa shape index (κ2) is 5.20. The van der Waals surface area contributed by atoms with Crippen LogP contribution in [-0.4, -0.2) is 55.6 Å². The number of nitrogens with one attached hydrogen (secondary N) is 1. The third-order valence-corrected chi connectivity index (χ3v) is 2.42. The van der Waals surface area contributed by atoms with Gasteiger partial charge in [-0.25, -0.2) is 4.79 Å². The van der Waals surface area contributed by atoms with Gasteiger partial charge in [0.2, 0.25) is 5.66 Å². The van der Waals surface area contributed by atoms with Gasteiger partial charge in [-0.2, -0.15) is 0 Å². The van der Waals surface area contributed by atoms with Crippen LogP contribution >= 0.6 is 0 Å². The number of hydrogen-bond donors (Lipinski definition) is 2. The topological polar surface area (TPSA) is 84.7 Å².